The van der Waals surface area contributed by atoms with Gasteiger partial charge >= 0.3 is 0 Å². The Bertz CT molecular complexity index is 496. The Morgan fingerprint density at radius 3 is 3.05 bits per heavy atom. The Hall–Kier alpha value is -0.910. The molecular weight excluding hydrogens is 294 g/mol. The van der Waals surface area contributed by atoms with E-state index in [1.54, 1.807) is 0 Å². The van der Waals surface area contributed by atoms with Gasteiger partial charge in [0.25, 0.3) is 0 Å². The quantitative estimate of drug-likeness (QED) is 0.902. The van der Waals surface area contributed by atoms with Gasteiger partial charge in [-0.25, -0.2) is 0 Å². The highest BCUT2D eigenvalue weighted by atomic mass is 32.1. The molecule has 122 valence electrons. The van der Waals surface area contributed by atoms with Crippen LogP contribution in [0, 0.1) is 0 Å². The van der Waals surface area contributed by atoms with Crippen LogP contribution in [0.5, 0.6) is 0 Å². The topological polar surface area (TPSA) is 35.6 Å². The molecule has 0 saturated carbocycles. The van der Waals surface area contributed by atoms with Crippen molar-refractivity contribution in [2.75, 3.05) is 32.7 Å². The van der Waals surface area contributed by atoms with Crippen molar-refractivity contribution in [3.8, 4) is 0 Å². The molecule has 2 aliphatic rings. The number of thiophene rings is 1. The van der Waals surface area contributed by atoms with Crippen LogP contribution in [-0.4, -0.2) is 54.5 Å². The molecule has 2 aliphatic heterocycles. The number of carbonyl (C=O) groups excluding carboxylic acids is 1. The maximum Gasteiger partial charge on any atom is 0.237 e. The largest absolute Gasteiger partial charge is 0.337 e. The summed E-state index contributed by atoms with van der Waals surface area (Å²) in [6, 6.07) is 2.75. The first-order valence-corrected chi connectivity index (χ1v) is 9.43. The molecule has 1 aromatic rings. The molecule has 1 amide bonds. The van der Waals surface area contributed by atoms with Crippen LogP contribution in [-0.2, 0) is 17.8 Å². The van der Waals surface area contributed by atoms with Gasteiger partial charge in [0.1, 0.15) is 0 Å². The smallest absolute Gasteiger partial charge is 0.237 e. The third-order valence-corrected chi connectivity index (χ3v) is 5.86. The van der Waals surface area contributed by atoms with Gasteiger partial charge in [-0.3, -0.25) is 9.69 Å². The Labute approximate surface area is 137 Å². The van der Waals surface area contributed by atoms with Crippen LogP contribution in [0.1, 0.15) is 36.6 Å². The Balaban J connectivity index is 1.59. The van der Waals surface area contributed by atoms with E-state index in [1.807, 2.05) is 11.3 Å². The van der Waals surface area contributed by atoms with Gasteiger partial charge in [-0.15, -0.1) is 11.3 Å². The number of carbonyl (C=O) groups is 1. The lowest BCUT2D eigenvalue weighted by Crippen LogP contribution is -2.49. The summed E-state index contributed by atoms with van der Waals surface area (Å²) in [5.41, 5.74) is 1.36. The lowest BCUT2D eigenvalue weighted by Gasteiger charge is -2.36. The molecule has 3 heterocycles. The first-order valence-electron chi connectivity index (χ1n) is 8.55. The van der Waals surface area contributed by atoms with E-state index in [1.165, 1.54) is 23.3 Å². The predicted molar refractivity (Wildman–Crippen MR) is 91.2 cm³/mol. The van der Waals surface area contributed by atoms with E-state index in [9.17, 15) is 4.79 Å². The Kier molecular flexibility index (Phi) is 5.50. The molecule has 22 heavy (non-hydrogen) atoms. The molecule has 1 aromatic heterocycles. The van der Waals surface area contributed by atoms with Crippen LogP contribution in [0.25, 0.3) is 0 Å². The van der Waals surface area contributed by atoms with E-state index in [0.29, 0.717) is 18.5 Å². The molecule has 3 rings (SSSR count). The van der Waals surface area contributed by atoms with Gasteiger partial charge in [0.05, 0.1) is 6.54 Å². The van der Waals surface area contributed by atoms with Crippen molar-refractivity contribution < 1.29 is 4.79 Å². The maximum atomic E-state index is 12.7. The molecule has 0 atom stereocenters. The second kappa shape index (κ2) is 7.57. The molecule has 1 saturated heterocycles. The summed E-state index contributed by atoms with van der Waals surface area (Å²) in [6.45, 7) is 7.70. The molecule has 4 nitrogen and oxygen atoms in total. The fourth-order valence-corrected chi connectivity index (χ4v) is 4.47. The normalized spacial score (nSPS) is 19.5. The summed E-state index contributed by atoms with van der Waals surface area (Å²) in [6.07, 6.45) is 4.48. The highest BCUT2D eigenvalue weighted by Crippen LogP contribution is 2.24. The van der Waals surface area contributed by atoms with Crippen molar-refractivity contribution >= 4 is 17.2 Å². The highest BCUT2D eigenvalue weighted by Gasteiger charge is 2.26. The first-order chi connectivity index (χ1) is 10.8. The van der Waals surface area contributed by atoms with Crippen LogP contribution < -0.4 is 5.32 Å². The molecule has 0 spiro atoms. The van der Waals surface area contributed by atoms with Gasteiger partial charge in [-0.2, -0.15) is 0 Å². The van der Waals surface area contributed by atoms with Crippen molar-refractivity contribution in [2.45, 2.75) is 45.2 Å². The molecule has 0 unspecified atom stereocenters. The monoisotopic (exact) mass is 321 g/mol. The third kappa shape index (κ3) is 3.70. The molecule has 0 bridgehead atoms. The van der Waals surface area contributed by atoms with E-state index in [0.717, 1.165) is 45.6 Å². The zero-order valence-electron chi connectivity index (χ0n) is 13.5. The highest BCUT2D eigenvalue weighted by molar-refractivity contribution is 7.10. The SMILES string of the molecule is CCCN(CC(=O)N1CCc2sccc2C1)C1CCNCC1. The van der Waals surface area contributed by atoms with Crippen LogP contribution in [0.3, 0.4) is 0 Å². The number of nitrogens with zero attached hydrogens (tertiary/aromatic N) is 2. The summed E-state index contributed by atoms with van der Waals surface area (Å²) < 4.78 is 0. The fraction of sp³-hybridized carbons (Fsp3) is 0.706. The van der Waals surface area contributed by atoms with Crippen LogP contribution in [0.15, 0.2) is 11.4 Å². The molecule has 1 fully saturated rings. The van der Waals surface area contributed by atoms with Gasteiger partial charge in [-0.05, 0) is 62.3 Å². The van der Waals surface area contributed by atoms with Crippen molar-refractivity contribution in [1.82, 2.24) is 15.1 Å². The Morgan fingerprint density at radius 2 is 2.27 bits per heavy atom. The summed E-state index contributed by atoms with van der Waals surface area (Å²) in [5, 5.41) is 5.57. The van der Waals surface area contributed by atoms with Crippen molar-refractivity contribution in [1.29, 1.82) is 0 Å². The van der Waals surface area contributed by atoms with Gasteiger partial charge in [0, 0.05) is 24.0 Å². The minimum Gasteiger partial charge on any atom is -0.337 e. The summed E-state index contributed by atoms with van der Waals surface area (Å²) in [7, 11) is 0. The van der Waals surface area contributed by atoms with Crippen molar-refractivity contribution in [3.05, 3.63) is 21.9 Å². The average molecular weight is 321 g/mol. The number of rotatable bonds is 5. The van der Waals surface area contributed by atoms with Crippen LogP contribution in [0.4, 0.5) is 0 Å². The van der Waals surface area contributed by atoms with E-state index in [2.05, 4.69) is 33.5 Å². The van der Waals surface area contributed by atoms with Gasteiger partial charge in [0.2, 0.25) is 5.91 Å². The molecule has 5 heteroatoms. The van der Waals surface area contributed by atoms with E-state index in [4.69, 9.17) is 0 Å². The number of nitrogens with one attached hydrogen (secondary N) is 1. The van der Waals surface area contributed by atoms with Gasteiger partial charge < -0.3 is 10.2 Å². The molecule has 1 N–H and O–H groups in total. The predicted octanol–water partition coefficient (Wildman–Crippen LogP) is 2.10. The lowest BCUT2D eigenvalue weighted by atomic mass is 10.0. The number of hydrogen-bond acceptors (Lipinski definition) is 4. The minimum absolute atomic E-state index is 0.309. The number of amides is 1. The third-order valence-electron chi connectivity index (χ3n) is 4.83. The van der Waals surface area contributed by atoms with Crippen LogP contribution in [0.2, 0.25) is 0 Å². The van der Waals surface area contributed by atoms with E-state index >= 15 is 0 Å². The number of piperidine rings is 1. The van der Waals surface area contributed by atoms with E-state index in [-0.39, 0.29) is 0 Å². The second-order valence-corrected chi connectivity index (χ2v) is 7.39. The summed E-state index contributed by atoms with van der Waals surface area (Å²) in [4.78, 5) is 18.7. The Morgan fingerprint density at radius 1 is 1.45 bits per heavy atom. The van der Waals surface area contributed by atoms with Crippen molar-refractivity contribution in [2.24, 2.45) is 0 Å². The standard InChI is InChI=1S/C17H27N3OS/c1-2-9-19(15-3-7-18-8-4-15)13-17(21)20-10-5-16-14(12-20)6-11-22-16/h6,11,15,18H,2-5,7-10,12-13H2,1H3. The molecule has 0 radical (unpaired) electrons. The second-order valence-electron chi connectivity index (χ2n) is 6.39. The van der Waals surface area contributed by atoms with Gasteiger partial charge in [-0.1, -0.05) is 6.92 Å². The fourth-order valence-electron chi connectivity index (χ4n) is 3.58. The van der Waals surface area contributed by atoms with Crippen LogP contribution >= 0.6 is 11.3 Å². The lowest BCUT2D eigenvalue weighted by molar-refractivity contribution is -0.134. The van der Waals surface area contributed by atoms with E-state index < -0.39 is 0 Å². The average Bonchev–Trinajstić information content (AvgIpc) is 3.02. The zero-order valence-corrected chi connectivity index (χ0v) is 14.3. The number of hydrogen-bond donors (Lipinski definition) is 1. The summed E-state index contributed by atoms with van der Waals surface area (Å²) in [5.74, 6) is 0.309. The maximum absolute atomic E-state index is 12.7. The molecule has 0 aromatic carbocycles. The van der Waals surface area contributed by atoms with Gasteiger partial charge in [0.15, 0.2) is 0 Å². The molecular formula is C17H27N3OS. The number of fused-ring (bicyclic) bond motifs is 1. The van der Waals surface area contributed by atoms with Crippen molar-refractivity contribution in [3.63, 3.8) is 0 Å². The first kappa shape index (κ1) is 16.0. The summed E-state index contributed by atoms with van der Waals surface area (Å²) >= 11 is 1.83. The minimum atomic E-state index is 0.309. The zero-order chi connectivity index (χ0) is 15.4. The molecule has 0 aliphatic carbocycles.